The molecule has 7 heteroatoms. The lowest BCUT2D eigenvalue weighted by molar-refractivity contribution is 0.0946. The van der Waals surface area contributed by atoms with Crippen LogP contribution >= 0.6 is 0 Å². The number of hydrogen-bond acceptors (Lipinski definition) is 4. The number of carbonyl (C=O) groups excluding carboxylic acids is 1. The van der Waals surface area contributed by atoms with Gasteiger partial charge in [0.2, 0.25) is 10.0 Å². The Morgan fingerprint density at radius 3 is 2.16 bits per heavy atom. The van der Waals surface area contributed by atoms with Crippen LogP contribution in [0.1, 0.15) is 61.5 Å². The van der Waals surface area contributed by atoms with Crippen molar-refractivity contribution in [2.24, 2.45) is 0 Å². The lowest BCUT2D eigenvalue weighted by atomic mass is 9.87. The summed E-state index contributed by atoms with van der Waals surface area (Å²) in [6, 6.07) is 14.0. The number of likely N-dealkylation sites (tertiary alicyclic amines) is 1. The quantitative estimate of drug-likeness (QED) is 0.634. The Hall–Kier alpha value is -2.22. The third-order valence-corrected chi connectivity index (χ3v) is 7.29. The van der Waals surface area contributed by atoms with Crippen molar-refractivity contribution in [3.63, 3.8) is 0 Å². The molecule has 0 spiro atoms. The first-order chi connectivity index (χ1) is 15.1. The summed E-state index contributed by atoms with van der Waals surface area (Å²) in [5.41, 5.74) is 2.43. The molecule has 0 aromatic heterocycles. The average molecular weight is 458 g/mol. The molecule has 174 valence electrons. The number of amides is 1. The van der Waals surface area contributed by atoms with Crippen molar-refractivity contribution < 1.29 is 13.2 Å². The zero-order valence-electron chi connectivity index (χ0n) is 19.4. The van der Waals surface area contributed by atoms with Gasteiger partial charge in [0.15, 0.2) is 0 Å². The predicted octanol–water partition coefficient (Wildman–Crippen LogP) is 3.68. The van der Waals surface area contributed by atoms with Crippen molar-refractivity contribution in [1.29, 1.82) is 0 Å². The molecule has 1 fully saturated rings. The first-order valence-electron chi connectivity index (χ1n) is 11.3. The van der Waals surface area contributed by atoms with Crippen LogP contribution in [0.2, 0.25) is 0 Å². The van der Waals surface area contributed by atoms with E-state index in [0.29, 0.717) is 12.1 Å². The molecule has 1 aliphatic heterocycles. The first-order valence-corrected chi connectivity index (χ1v) is 12.8. The van der Waals surface area contributed by atoms with Crippen LogP contribution in [0.4, 0.5) is 0 Å². The van der Waals surface area contributed by atoms with Crippen molar-refractivity contribution in [1.82, 2.24) is 14.9 Å². The van der Waals surface area contributed by atoms with Gasteiger partial charge in [-0.15, -0.1) is 0 Å². The van der Waals surface area contributed by atoms with Crippen LogP contribution in [0, 0.1) is 0 Å². The zero-order chi connectivity index (χ0) is 23.2. The number of hydrogen-bond donors (Lipinski definition) is 2. The largest absolute Gasteiger partial charge is 0.351 e. The van der Waals surface area contributed by atoms with Crippen LogP contribution < -0.4 is 10.0 Å². The zero-order valence-corrected chi connectivity index (χ0v) is 20.2. The Bertz CT molecular complexity index is 988. The predicted molar refractivity (Wildman–Crippen MR) is 128 cm³/mol. The number of benzene rings is 2. The number of piperidine rings is 1. The number of nitrogens with zero attached hydrogens (tertiary/aromatic N) is 1. The molecular weight excluding hydrogens is 422 g/mol. The fraction of sp³-hybridized carbons (Fsp3) is 0.480. The first kappa shape index (κ1) is 24.4. The molecule has 2 aromatic carbocycles. The Morgan fingerprint density at radius 2 is 1.56 bits per heavy atom. The van der Waals surface area contributed by atoms with Crippen molar-refractivity contribution in [3.05, 3.63) is 65.2 Å². The van der Waals surface area contributed by atoms with Crippen LogP contribution in [-0.4, -0.2) is 45.4 Å². The number of sulfonamides is 1. The van der Waals surface area contributed by atoms with Gasteiger partial charge in [0.05, 0.1) is 4.90 Å². The van der Waals surface area contributed by atoms with Crippen LogP contribution in [-0.2, 0) is 22.0 Å². The van der Waals surface area contributed by atoms with E-state index in [1.54, 1.807) is 36.4 Å². The summed E-state index contributed by atoms with van der Waals surface area (Å²) >= 11 is 0. The lowest BCUT2D eigenvalue weighted by Gasteiger charge is -2.26. The third-order valence-electron chi connectivity index (χ3n) is 5.88. The summed E-state index contributed by atoms with van der Waals surface area (Å²) in [4.78, 5) is 15.0. The minimum atomic E-state index is -3.60. The standard InChI is InChI=1S/C25H35N3O3S/c1-25(2,3)22-11-13-23(14-12-22)32(30,31)27-19-20-7-9-21(10-8-20)24(29)26-15-18-28-16-5-4-6-17-28/h7-14,27H,4-6,15-19H2,1-3H3,(H,26,29). The molecule has 0 saturated carbocycles. The van der Waals surface area contributed by atoms with Crippen molar-refractivity contribution >= 4 is 15.9 Å². The average Bonchev–Trinajstić information content (AvgIpc) is 2.78. The lowest BCUT2D eigenvalue weighted by Crippen LogP contribution is -2.37. The van der Waals surface area contributed by atoms with Gasteiger partial charge in [0.25, 0.3) is 5.91 Å². The highest BCUT2D eigenvalue weighted by molar-refractivity contribution is 7.89. The van der Waals surface area contributed by atoms with Crippen LogP contribution in [0.3, 0.4) is 0 Å². The number of rotatable bonds is 8. The molecule has 2 N–H and O–H groups in total. The van der Waals surface area contributed by atoms with Crippen LogP contribution in [0.15, 0.2) is 53.4 Å². The molecule has 0 unspecified atom stereocenters. The smallest absolute Gasteiger partial charge is 0.251 e. The van der Waals surface area contributed by atoms with E-state index < -0.39 is 10.0 Å². The van der Waals surface area contributed by atoms with E-state index >= 15 is 0 Å². The summed E-state index contributed by atoms with van der Waals surface area (Å²) in [5.74, 6) is -0.104. The van der Waals surface area contributed by atoms with Crippen molar-refractivity contribution in [2.75, 3.05) is 26.2 Å². The van der Waals surface area contributed by atoms with Gasteiger partial charge >= 0.3 is 0 Å². The maximum atomic E-state index is 12.6. The van der Waals surface area contributed by atoms with Crippen LogP contribution in [0.5, 0.6) is 0 Å². The second kappa shape index (κ2) is 10.6. The second-order valence-corrected chi connectivity index (χ2v) is 11.2. The van der Waals surface area contributed by atoms with Gasteiger partial charge in [-0.05, 0) is 66.7 Å². The molecule has 3 rings (SSSR count). The Morgan fingerprint density at radius 1 is 0.938 bits per heavy atom. The molecule has 32 heavy (non-hydrogen) atoms. The fourth-order valence-electron chi connectivity index (χ4n) is 3.78. The van der Waals surface area contributed by atoms with E-state index in [1.165, 1.54) is 19.3 Å². The maximum Gasteiger partial charge on any atom is 0.251 e. The Kier molecular flexibility index (Phi) is 8.09. The van der Waals surface area contributed by atoms with Gasteiger partial charge in [-0.1, -0.05) is 51.5 Å². The van der Waals surface area contributed by atoms with Gasteiger partial charge in [-0.2, -0.15) is 0 Å². The molecule has 0 bridgehead atoms. The van der Waals surface area contributed by atoms with Crippen LogP contribution in [0.25, 0.3) is 0 Å². The molecule has 0 aliphatic carbocycles. The molecule has 0 radical (unpaired) electrons. The summed E-state index contributed by atoms with van der Waals surface area (Å²) in [7, 11) is -3.60. The van der Waals surface area contributed by atoms with E-state index in [-0.39, 0.29) is 22.8 Å². The highest BCUT2D eigenvalue weighted by Gasteiger charge is 2.17. The molecular formula is C25H35N3O3S. The van der Waals surface area contributed by atoms with Gasteiger partial charge in [0.1, 0.15) is 0 Å². The highest BCUT2D eigenvalue weighted by Crippen LogP contribution is 2.23. The molecule has 1 aliphatic rings. The molecule has 1 amide bonds. The van der Waals surface area contributed by atoms with E-state index in [4.69, 9.17) is 0 Å². The maximum absolute atomic E-state index is 12.6. The summed E-state index contributed by atoms with van der Waals surface area (Å²) in [6.45, 7) is 10.2. The van der Waals surface area contributed by atoms with E-state index in [2.05, 4.69) is 35.7 Å². The summed E-state index contributed by atoms with van der Waals surface area (Å²) in [6.07, 6.45) is 3.78. The fourth-order valence-corrected chi connectivity index (χ4v) is 4.80. The van der Waals surface area contributed by atoms with Crippen molar-refractivity contribution in [3.8, 4) is 0 Å². The summed E-state index contributed by atoms with van der Waals surface area (Å²) in [5, 5.41) is 2.97. The minimum Gasteiger partial charge on any atom is -0.351 e. The number of carbonyl (C=O) groups is 1. The molecule has 1 heterocycles. The summed E-state index contributed by atoms with van der Waals surface area (Å²) < 4.78 is 27.9. The molecule has 1 saturated heterocycles. The monoisotopic (exact) mass is 457 g/mol. The topological polar surface area (TPSA) is 78.5 Å². The molecule has 6 nitrogen and oxygen atoms in total. The van der Waals surface area contributed by atoms with Gasteiger partial charge in [0, 0.05) is 25.2 Å². The van der Waals surface area contributed by atoms with Gasteiger partial charge in [-0.25, -0.2) is 13.1 Å². The SMILES string of the molecule is CC(C)(C)c1ccc(S(=O)(=O)NCc2ccc(C(=O)NCCN3CCCCC3)cc2)cc1. The van der Waals surface area contributed by atoms with Gasteiger partial charge in [-0.3, -0.25) is 4.79 Å². The number of nitrogens with one attached hydrogen (secondary N) is 2. The van der Waals surface area contributed by atoms with Gasteiger partial charge < -0.3 is 10.2 Å². The molecule has 0 atom stereocenters. The van der Waals surface area contributed by atoms with E-state index in [0.717, 1.165) is 30.8 Å². The van der Waals surface area contributed by atoms with Crippen molar-refractivity contribution in [2.45, 2.75) is 56.9 Å². The minimum absolute atomic E-state index is 0.0305. The van der Waals surface area contributed by atoms with E-state index in [1.807, 2.05) is 12.1 Å². The second-order valence-electron chi connectivity index (χ2n) is 9.45. The normalized spacial score (nSPS) is 15.5. The third kappa shape index (κ3) is 6.89. The van der Waals surface area contributed by atoms with E-state index in [9.17, 15) is 13.2 Å². The Balaban J connectivity index is 1.49. The highest BCUT2D eigenvalue weighted by atomic mass is 32.2. The Labute approximate surface area is 192 Å². The molecule has 2 aromatic rings.